The maximum Gasteiger partial charge on any atom is 0.469 e. The molecule has 0 aliphatic carbocycles. The van der Waals surface area contributed by atoms with Gasteiger partial charge in [0.15, 0.2) is 0 Å². The second-order valence-corrected chi connectivity index (χ2v) is 5.64. The van der Waals surface area contributed by atoms with Crippen LogP contribution in [0.25, 0.3) is 0 Å². The quantitative estimate of drug-likeness (QED) is 0.665. The molecule has 2 unspecified atom stereocenters. The van der Waals surface area contributed by atoms with Crippen molar-refractivity contribution in [2.24, 2.45) is 0 Å². The van der Waals surface area contributed by atoms with Gasteiger partial charge in [0.25, 0.3) is 0 Å². The fourth-order valence-electron chi connectivity index (χ4n) is 0.111. The van der Waals surface area contributed by atoms with Crippen molar-refractivity contribution in [3.63, 3.8) is 0 Å². The van der Waals surface area contributed by atoms with Crippen LogP contribution in [0.4, 0.5) is 8.39 Å². The SMILES string of the molecule is O=P(F)(Cl)OP(=O)(F)Cl. The van der Waals surface area contributed by atoms with Crippen LogP contribution in [-0.2, 0) is 13.4 Å². The first kappa shape index (κ1) is 9.86. The Morgan fingerprint density at radius 1 is 1.11 bits per heavy atom. The summed E-state index contributed by atoms with van der Waals surface area (Å²) in [6, 6.07) is 0. The fourth-order valence-corrected chi connectivity index (χ4v) is 2.71. The van der Waals surface area contributed by atoms with E-state index in [0.29, 0.717) is 0 Å². The number of hydrogen-bond donors (Lipinski definition) is 0. The summed E-state index contributed by atoms with van der Waals surface area (Å²) in [5.74, 6) is 0. The summed E-state index contributed by atoms with van der Waals surface area (Å²) in [5.41, 5.74) is 0. The van der Waals surface area contributed by atoms with Crippen molar-refractivity contribution in [1.82, 2.24) is 0 Å². The Morgan fingerprint density at radius 3 is 1.33 bits per heavy atom. The summed E-state index contributed by atoms with van der Waals surface area (Å²) in [7, 11) is -10.2. The predicted molar refractivity (Wildman–Crippen MR) is 30.2 cm³/mol. The lowest BCUT2D eigenvalue weighted by atomic mass is 15.8. The highest BCUT2D eigenvalue weighted by molar-refractivity contribution is 7.92. The molecule has 0 aromatic rings. The van der Waals surface area contributed by atoms with Crippen molar-refractivity contribution < 1.29 is 21.8 Å². The van der Waals surface area contributed by atoms with Gasteiger partial charge < -0.3 is 0 Å². The van der Waals surface area contributed by atoms with Crippen molar-refractivity contribution >= 4 is 36.5 Å². The standard InChI is InChI=1S/Cl2F2O3P2/c1-8(3,5)7-9(2,4)6. The molecule has 0 amide bonds. The van der Waals surface area contributed by atoms with Gasteiger partial charge in [0.05, 0.1) is 0 Å². The van der Waals surface area contributed by atoms with E-state index in [4.69, 9.17) is 0 Å². The minimum Gasteiger partial charge on any atom is -0.236 e. The molecular formula is Cl2F2O3P2. The van der Waals surface area contributed by atoms with Crippen LogP contribution in [-0.4, -0.2) is 0 Å². The lowest BCUT2D eigenvalue weighted by Gasteiger charge is -1.98. The maximum atomic E-state index is 11.5. The molecule has 0 radical (unpaired) electrons. The van der Waals surface area contributed by atoms with Gasteiger partial charge in [-0.3, -0.25) is 0 Å². The van der Waals surface area contributed by atoms with Gasteiger partial charge in [-0.15, -0.1) is 8.39 Å². The van der Waals surface area contributed by atoms with Crippen LogP contribution in [0.2, 0.25) is 0 Å². The minimum absolute atomic E-state index is 2.93. The molecule has 9 heteroatoms. The molecule has 2 atom stereocenters. The molecule has 9 heavy (non-hydrogen) atoms. The zero-order chi connectivity index (χ0) is 7.71. The summed E-state index contributed by atoms with van der Waals surface area (Å²) in [5, 5.41) is 0. The van der Waals surface area contributed by atoms with Crippen molar-refractivity contribution in [1.29, 1.82) is 0 Å². The van der Waals surface area contributed by atoms with Gasteiger partial charge in [-0.25, -0.2) is 9.13 Å². The molecule has 0 aromatic carbocycles. The van der Waals surface area contributed by atoms with Crippen molar-refractivity contribution in [2.45, 2.75) is 0 Å². The molecular weight excluding hydrogens is 219 g/mol. The van der Waals surface area contributed by atoms with Crippen LogP contribution in [0.1, 0.15) is 0 Å². The van der Waals surface area contributed by atoms with Crippen LogP contribution < -0.4 is 0 Å². The van der Waals surface area contributed by atoms with E-state index in [1.807, 2.05) is 0 Å². The monoisotopic (exact) mass is 218 g/mol. The van der Waals surface area contributed by atoms with Crippen LogP contribution in [0.15, 0.2) is 0 Å². The summed E-state index contributed by atoms with van der Waals surface area (Å²) in [4.78, 5) is 0. The molecule has 0 saturated carbocycles. The molecule has 56 valence electrons. The van der Waals surface area contributed by atoms with Gasteiger partial charge >= 0.3 is 14.1 Å². The van der Waals surface area contributed by atoms with E-state index >= 15 is 0 Å². The van der Waals surface area contributed by atoms with Crippen molar-refractivity contribution in [3.8, 4) is 0 Å². The van der Waals surface area contributed by atoms with Gasteiger partial charge in [-0.2, -0.15) is 4.31 Å². The molecule has 0 heterocycles. The van der Waals surface area contributed by atoms with Crippen LogP contribution in [0.5, 0.6) is 0 Å². The minimum atomic E-state index is -5.09. The smallest absolute Gasteiger partial charge is 0.236 e. The van der Waals surface area contributed by atoms with E-state index in [2.05, 4.69) is 26.8 Å². The van der Waals surface area contributed by atoms with Gasteiger partial charge in [0.1, 0.15) is 0 Å². The van der Waals surface area contributed by atoms with Crippen LogP contribution >= 0.6 is 36.5 Å². The zero-order valence-electron chi connectivity index (χ0n) is 3.63. The number of hydrogen-bond acceptors (Lipinski definition) is 3. The first-order valence-corrected chi connectivity index (χ1v) is 6.25. The van der Waals surface area contributed by atoms with E-state index in [9.17, 15) is 17.5 Å². The predicted octanol–water partition coefficient (Wildman–Crippen LogP) is 3.64. The third-order valence-electron chi connectivity index (χ3n) is 0.190. The molecule has 0 aliphatic rings. The lowest BCUT2D eigenvalue weighted by molar-refractivity contribution is 0.422. The molecule has 0 aromatic heterocycles. The molecule has 0 fully saturated rings. The van der Waals surface area contributed by atoms with Crippen molar-refractivity contribution in [2.75, 3.05) is 0 Å². The molecule has 3 nitrogen and oxygen atoms in total. The Kier molecular flexibility index (Phi) is 3.12. The average Bonchev–Trinajstić information content (AvgIpc) is 1.14. The van der Waals surface area contributed by atoms with Crippen molar-refractivity contribution in [3.05, 3.63) is 0 Å². The zero-order valence-corrected chi connectivity index (χ0v) is 6.93. The first-order chi connectivity index (χ1) is 3.71. The Morgan fingerprint density at radius 2 is 1.33 bits per heavy atom. The van der Waals surface area contributed by atoms with E-state index < -0.39 is 14.1 Å². The van der Waals surface area contributed by atoms with Gasteiger partial charge in [-0.1, -0.05) is 0 Å². The lowest BCUT2D eigenvalue weighted by Crippen LogP contribution is -1.64. The Labute approximate surface area is 59.0 Å². The normalized spacial score (nSPS) is 24.4. The van der Waals surface area contributed by atoms with E-state index in [1.165, 1.54) is 0 Å². The highest BCUT2D eigenvalue weighted by Crippen LogP contribution is 2.70. The van der Waals surface area contributed by atoms with Gasteiger partial charge in [-0.05, 0) is 0 Å². The van der Waals surface area contributed by atoms with E-state index in [0.717, 1.165) is 0 Å². The van der Waals surface area contributed by atoms with Crippen LogP contribution in [0.3, 0.4) is 0 Å². The summed E-state index contributed by atoms with van der Waals surface area (Å²) < 4.78 is 45.1. The topological polar surface area (TPSA) is 43.4 Å². The molecule has 0 spiro atoms. The highest BCUT2D eigenvalue weighted by atomic mass is 35.7. The Bertz CT molecular complexity index is 158. The van der Waals surface area contributed by atoms with Gasteiger partial charge in [0, 0.05) is 22.5 Å². The van der Waals surface area contributed by atoms with Gasteiger partial charge in [0.2, 0.25) is 0 Å². The number of rotatable bonds is 2. The molecule has 0 bridgehead atoms. The van der Waals surface area contributed by atoms with Crippen LogP contribution in [0, 0.1) is 0 Å². The molecule has 0 N–H and O–H groups in total. The fraction of sp³-hybridized carbons (Fsp3) is 0. The highest BCUT2D eigenvalue weighted by Gasteiger charge is 2.31. The third kappa shape index (κ3) is 8.86. The largest absolute Gasteiger partial charge is 0.469 e. The third-order valence-corrected chi connectivity index (χ3v) is 2.82. The van der Waals surface area contributed by atoms with E-state index in [-0.39, 0.29) is 0 Å². The summed E-state index contributed by atoms with van der Waals surface area (Å²) in [6.45, 7) is 0. The first-order valence-electron chi connectivity index (χ1n) is 1.41. The second-order valence-electron chi connectivity index (χ2n) is 0.911. The number of halogens is 4. The maximum absolute atomic E-state index is 11.5. The van der Waals surface area contributed by atoms with E-state index in [1.54, 1.807) is 0 Å². The molecule has 0 rings (SSSR count). The second kappa shape index (κ2) is 2.85. The summed E-state index contributed by atoms with van der Waals surface area (Å²) in [6.07, 6.45) is 0. The molecule has 0 saturated heterocycles. The molecule has 0 aliphatic heterocycles. The summed E-state index contributed by atoms with van der Waals surface area (Å²) >= 11 is 8.38. The Balaban J connectivity index is 4.07. The average molecular weight is 219 g/mol. The Hall–Kier alpha value is 0.860.